The van der Waals surface area contributed by atoms with Crippen LogP contribution in [0.25, 0.3) is 11.0 Å². The number of aryl methyl sites for hydroxylation is 1. The minimum absolute atomic E-state index is 0.0120. The van der Waals surface area contributed by atoms with Crippen LogP contribution in [0.2, 0.25) is 0 Å². The number of thioether (sulfide) groups is 1. The van der Waals surface area contributed by atoms with Crippen LogP contribution in [0, 0.1) is 6.92 Å². The summed E-state index contributed by atoms with van der Waals surface area (Å²) in [5, 5.41) is 9.20. The SMILES string of the molecule is CCSc1nc(N2CCCCC2)c2cnn(CCNC(=O)COc3cccc(C)c3)c2n1. The number of hydrogen-bond donors (Lipinski definition) is 1. The van der Waals surface area contributed by atoms with Crippen molar-refractivity contribution in [2.75, 3.05) is 36.9 Å². The molecule has 1 aromatic carbocycles. The van der Waals surface area contributed by atoms with Crippen molar-refractivity contribution in [1.82, 2.24) is 25.1 Å². The van der Waals surface area contributed by atoms with E-state index in [1.807, 2.05) is 42.1 Å². The lowest BCUT2D eigenvalue weighted by atomic mass is 10.1. The lowest BCUT2D eigenvalue weighted by Gasteiger charge is -2.28. The van der Waals surface area contributed by atoms with Gasteiger partial charge in [-0.05, 0) is 49.6 Å². The second kappa shape index (κ2) is 10.7. The largest absolute Gasteiger partial charge is 0.484 e. The number of nitrogens with one attached hydrogen (secondary N) is 1. The summed E-state index contributed by atoms with van der Waals surface area (Å²) in [6.07, 6.45) is 5.50. The zero-order valence-electron chi connectivity index (χ0n) is 18.7. The number of amides is 1. The van der Waals surface area contributed by atoms with Gasteiger partial charge in [0.05, 0.1) is 18.1 Å². The summed E-state index contributed by atoms with van der Waals surface area (Å²) in [4.78, 5) is 24.1. The normalized spacial score (nSPS) is 14.0. The number of carbonyl (C=O) groups excluding carboxylic acids is 1. The number of benzene rings is 1. The van der Waals surface area contributed by atoms with Gasteiger partial charge in [-0.15, -0.1) is 0 Å². The molecule has 1 aliphatic heterocycles. The molecule has 0 atom stereocenters. The fraction of sp³-hybridized carbons (Fsp3) is 0.478. The third kappa shape index (κ3) is 5.51. The molecule has 3 heterocycles. The maximum absolute atomic E-state index is 12.2. The Balaban J connectivity index is 1.40. The fourth-order valence-electron chi connectivity index (χ4n) is 3.83. The van der Waals surface area contributed by atoms with E-state index in [2.05, 4.69) is 22.2 Å². The van der Waals surface area contributed by atoms with Crippen LogP contribution < -0.4 is 15.0 Å². The van der Waals surface area contributed by atoms with E-state index < -0.39 is 0 Å². The van der Waals surface area contributed by atoms with E-state index >= 15 is 0 Å². The molecule has 1 fully saturated rings. The maximum atomic E-state index is 12.2. The van der Waals surface area contributed by atoms with Gasteiger partial charge in [0, 0.05) is 19.6 Å². The van der Waals surface area contributed by atoms with Crippen LogP contribution in [0.1, 0.15) is 31.7 Å². The van der Waals surface area contributed by atoms with Crippen LogP contribution in [-0.2, 0) is 11.3 Å². The zero-order valence-corrected chi connectivity index (χ0v) is 19.5. The Bertz CT molecular complexity index is 1060. The number of hydrogen-bond acceptors (Lipinski definition) is 7. The van der Waals surface area contributed by atoms with Gasteiger partial charge in [-0.25, -0.2) is 14.6 Å². The number of fused-ring (bicyclic) bond motifs is 1. The molecule has 0 saturated carbocycles. The van der Waals surface area contributed by atoms with Gasteiger partial charge < -0.3 is 15.0 Å². The number of rotatable bonds is 9. The highest BCUT2D eigenvalue weighted by atomic mass is 32.2. The van der Waals surface area contributed by atoms with Crippen LogP contribution in [-0.4, -0.2) is 57.6 Å². The standard InChI is InChI=1S/C23H30N6O2S/c1-3-32-23-26-21(28-11-5-4-6-12-28)19-15-25-29(22(19)27-23)13-10-24-20(30)16-31-18-9-7-8-17(2)14-18/h7-9,14-15H,3-6,10-13,16H2,1-2H3,(H,24,30). The first kappa shape index (κ1) is 22.4. The van der Waals surface area contributed by atoms with Gasteiger partial charge in [0.15, 0.2) is 17.4 Å². The smallest absolute Gasteiger partial charge is 0.258 e. The Morgan fingerprint density at radius 1 is 1.22 bits per heavy atom. The van der Waals surface area contributed by atoms with Gasteiger partial charge in [-0.3, -0.25) is 4.79 Å². The number of aromatic nitrogens is 4. The fourth-order valence-corrected chi connectivity index (χ4v) is 4.39. The second-order valence-electron chi connectivity index (χ2n) is 7.87. The lowest BCUT2D eigenvalue weighted by Crippen LogP contribution is -2.32. The highest BCUT2D eigenvalue weighted by Crippen LogP contribution is 2.29. The van der Waals surface area contributed by atoms with Crippen LogP contribution in [0.5, 0.6) is 5.75 Å². The molecule has 1 saturated heterocycles. The van der Waals surface area contributed by atoms with Crippen molar-refractivity contribution in [1.29, 1.82) is 0 Å². The molecule has 3 aromatic rings. The average Bonchev–Trinajstić information content (AvgIpc) is 3.21. The molecule has 4 rings (SSSR count). The summed E-state index contributed by atoms with van der Waals surface area (Å²) in [6, 6.07) is 7.67. The molecule has 170 valence electrons. The molecule has 1 N–H and O–H groups in total. The van der Waals surface area contributed by atoms with E-state index in [1.165, 1.54) is 19.3 Å². The van der Waals surface area contributed by atoms with Crippen LogP contribution in [0.3, 0.4) is 0 Å². The Hall–Kier alpha value is -2.81. The third-order valence-corrected chi connectivity index (χ3v) is 6.12. The van der Waals surface area contributed by atoms with Gasteiger partial charge in [-0.1, -0.05) is 30.8 Å². The minimum Gasteiger partial charge on any atom is -0.484 e. The summed E-state index contributed by atoms with van der Waals surface area (Å²) in [5.74, 6) is 2.43. The second-order valence-corrected chi connectivity index (χ2v) is 9.10. The first-order chi connectivity index (χ1) is 15.6. The predicted molar refractivity (Wildman–Crippen MR) is 127 cm³/mol. The summed E-state index contributed by atoms with van der Waals surface area (Å²) < 4.78 is 7.42. The van der Waals surface area contributed by atoms with Crippen molar-refractivity contribution >= 4 is 34.5 Å². The molecular formula is C23H30N6O2S. The zero-order chi connectivity index (χ0) is 22.3. The first-order valence-corrected chi connectivity index (χ1v) is 12.2. The van der Waals surface area contributed by atoms with Crippen molar-refractivity contribution < 1.29 is 9.53 Å². The summed E-state index contributed by atoms with van der Waals surface area (Å²) in [7, 11) is 0. The average molecular weight is 455 g/mol. The molecule has 0 unspecified atom stereocenters. The Labute approximate surface area is 192 Å². The van der Waals surface area contributed by atoms with Crippen LogP contribution in [0.15, 0.2) is 35.6 Å². The number of piperidine rings is 1. The van der Waals surface area contributed by atoms with Crippen molar-refractivity contribution in [3.05, 3.63) is 36.0 Å². The molecule has 0 aliphatic carbocycles. The molecule has 0 radical (unpaired) electrons. The number of anilines is 1. The van der Waals surface area contributed by atoms with Gasteiger partial charge in [0.25, 0.3) is 5.91 Å². The van der Waals surface area contributed by atoms with Crippen LogP contribution in [0.4, 0.5) is 5.82 Å². The molecule has 1 amide bonds. The molecule has 8 nitrogen and oxygen atoms in total. The van der Waals surface area contributed by atoms with Crippen molar-refractivity contribution in [2.24, 2.45) is 0 Å². The summed E-state index contributed by atoms with van der Waals surface area (Å²) in [6.45, 7) is 7.10. The van der Waals surface area contributed by atoms with Gasteiger partial charge in [-0.2, -0.15) is 5.10 Å². The molecule has 1 aliphatic rings. The van der Waals surface area contributed by atoms with E-state index in [-0.39, 0.29) is 12.5 Å². The number of nitrogens with zero attached hydrogens (tertiary/aromatic N) is 5. The minimum atomic E-state index is -0.158. The highest BCUT2D eigenvalue weighted by molar-refractivity contribution is 7.99. The monoisotopic (exact) mass is 454 g/mol. The summed E-state index contributed by atoms with van der Waals surface area (Å²) >= 11 is 1.64. The van der Waals surface area contributed by atoms with E-state index in [0.29, 0.717) is 18.8 Å². The molecule has 0 spiro atoms. The van der Waals surface area contributed by atoms with Crippen LogP contribution >= 0.6 is 11.8 Å². The lowest BCUT2D eigenvalue weighted by molar-refractivity contribution is -0.123. The molecule has 9 heteroatoms. The molecule has 2 aromatic heterocycles. The molecule has 0 bridgehead atoms. The predicted octanol–water partition coefficient (Wildman–Crippen LogP) is 3.43. The highest BCUT2D eigenvalue weighted by Gasteiger charge is 2.20. The van der Waals surface area contributed by atoms with Gasteiger partial charge in [0.1, 0.15) is 11.6 Å². The first-order valence-electron chi connectivity index (χ1n) is 11.2. The quantitative estimate of drug-likeness (QED) is 0.392. The van der Waals surface area contributed by atoms with E-state index in [9.17, 15) is 4.79 Å². The topological polar surface area (TPSA) is 85.2 Å². The van der Waals surface area contributed by atoms with E-state index in [0.717, 1.165) is 46.4 Å². The number of carbonyl (C=O) groups is 1. The molecular weight excluding hydrogens is 424 g/mol. The van der Waals surface area contributed by atoms with Crippen molar-refractivity contribution in [2.45, 2.75) is 44.8 Å². The van der Waals surface area contributed by atoms with Crippen molar-refractivity contribution in [3.8, 4) is 5.75 Å². The summed E-state index contributed by atoms with van der Waals surface area (Å²) in [5.41, 5.74) is 1.92. The Morgan fingerprint density at radius 3 is 2.84 bits per heavy atom. The molecule has 32 heavy (non-hydrogen) atoms. The Kier molecular flexibility index (Phi) is 7.47. The maximum Gasteiger partial charge on any atom is 0.258 e. The van der Waals surface area contributed by atoms with Gasteiger partial charge in [0.2, 0.25) is 0 Å². The van der Waals surface area contributed by atoms with Crippen molar-refractivity contribution in [3.63, 3.8) is 0 Å². The van der Waals surface area contributed by atoms with Gasteiger partial charge >= 0.3 is 0 Å². The Morgan fingerprint density at radius 2 is 2.06 bits per heavy atom. The van der Waals surface area contributed by atoms with E-state index in [1.54, 1.807) is 11.8 Å². The van der Waals surface area contributed by atoms with E-state index in [4.69, 9.17) is 14.7 Å². The third-order valence-electron chi connectivity index (χ3n) is 5.39. The number of ether oxygens (including phenoxy) is 1.